The van der Waals surface area contributed by atoms with Gasteiger partial charge in [0, 0.05) is 5.56 Å². The molecule has 0 radical (unpaired) electrons. The number of rotatable bonds is 2. The summed E-state index contributed by atoms with van der Waals surface area (Å²) in [5, 5.41) is 5.22. The van der Waals surface area contributed by atoms with E-state index >= 15 is 0 Å². The molecule has 0 spiro atoms. The molecule has 1 heterocycles. The Morgan fingerprint density at radius 2 is 1.89 bits per heavy atom. The molecule has 2 aromatic rings. The van der Waals surface area contributed by atoms with Gasteiger partial charge < -0.3 is 0 Å². The summed E-state index contributed by atoms with van der Waals surface area (Å²) in [4.78, 5) is 0. The lowest BCUT2D eigenvalue weighted by Crippen LogP contribution is -2.06. The molecular formula is C14H11FN2S. The van der Waals surface area contributed by atoms with E-state index in [0.717, 1.165) is 16.2 Å². The van der Waals surface area contributed by atoms with Gasteiger partial charge >= 0.3 is 0 Å². The van der Waals surface area contributed by atoms with Gasteiger partial charge in [-0.3, -0.25) is 5.43 Å². The van der Waals surface area contributed by atoms with E-state index in [1.165, 1.54) is 12.1 Å². The van der Waals surface area contributed by atoms with Gasteiger partial charge in [-0.2, -0.15) is 5.10 Å². The quantitative estimate of drug-likeness (QED) is 0.891. The molecule has 2 nitrogen and oxygen atoms in total. The van der Waals surface area contributed by atoms with E-state index < -0.39 is 0 Å². The standard InChI is InChI=1S/C14H11FN2S/c15-12-8-4-7-11(9-12)14-17-16-13(18-14)10-5-2-1-3-6-10/h1-9,14,17H. The molecule has 0 bridgehead atoms. The average molecular weight is 258 g/mol. The van der Waals surface area contributed by atoms with Gasteiger partial charge in [-0.25, -0.2) is 4.39 Å². The van der Waals surface area contributed by atoms with Crippen molar-refractivity contribution >= 4 is 16.8 Å². The summed E-state index contributed by atoms with van der Waals surface area (Å²) < 4.78 is 13.2. The molecule has 1 N–H and O–H groups in total. The van der Waals surface area contributed by atoms with Crippen molar-refractivity contribution in [2.45, 2.75) is 5.37 Å². The van der Waals surface area contributed by atoms with Crippen LogP contribution in [0.3, 0.4) is 0 Å². The summed E-state index contributed by atoms with van der Waals surface area (Å²) in [5.74, 6) is -0.219. The number of nitrogens with zero attached hydrogens (tertiary/aromatic N) is 1. The Labute approximate surface area is 109 Å². The first-order valence-electron chi connectivity index (χ1n) is 5.64. The second-order valence-electron chi connectivity index (χ2n) is 3.96. The van der Waals surface area contributed by atoms with Crippen LogP contribution < -0.4 is 5.43 Å². The molecule has 0 aliphatic carbocycles. The Morgan fingerprint density at radius 3 is 2.67 bits per heavy atom. The Hall–Kier alpha value is -1.81. The van der Waals surface area contributed by atoms with Crippen LogP contribution in [0.25, 0.3) is 0 Å². The predicted molar refractivity (Wildman–Crippen MR) is 72.8 cm³/mol. The predicted octanol–water partition coefficient (Wildman–Crippen LogP) is 3.52. The van der Waals surface area contributed by atoms with E-state index in [2.05, 4.69) is 10.5 Å². The Balaban J connectivity index is 1.79. The first-order valence-corrected chi connectivity index (χ1v) is 6.52. The molecule has 1 aliphatic rings. The van der Waals surface area contributed by atoms with Crippen molar-refractivity contribution in [2.24, 2.45) is 5.10 Å². The van der Waals surface area contributed by atoms with Crippen LogP contribution in [0.2, 0.25) is 0 Å². The third-order valence-corrected chi connectivity index (χ3v) is 3.85. The molecule has 1 atom stereocenters. The van der Waals surface area contributed by atoms with Crippen LogP contribution in [-0.2, 0) is 0 Å². The highest BCUT2D eigenvalue weighted by molar-refractivity contribution is 8.14. The maximum atomic E-state index is 13.2. The highest BCUT2D eigenvalue weighted by Gasteiger charge is 2.21. The van der Waals surface area contributed by atoms with Crippen LogP contribution in [0.4, 0.5) is 4.39 Å². The molecule has 1 unspecified atom stereocenters. The summed E-state index contributed by atoms with van der Waals surface area (Å²) in [7, 11) is 0. The molecule has 0 amide bonds. The van der Waals surface area contributed by atoms with Crippen molar-refractivity contribution in [3.63, 3.8) is 0 Å². The number of nitrogens with one attached hydrogen (secondary N) is 1. The fourth-order valence-corrected chi connectivity index (χ4v) is 2.80. The fourth-order valence-electron chi connectivity index (χ4n) is 1.81. The number of hydrogen-bond acceptors (Lipinski definition) is 3. The van der Waals surface area contributed by atoms with Crippen LogP contribution in [0.5, 0.6) is 0 Å². The van der Waals surface area contributed by atoms with Gasteiger partial charge in [0.05, 0.1) is 0 Å². The highest BCUT2D eigenvalue weighted by atomic mass is 32.2. The van der Waals surface area contributed by atoms with E-state index in [0.29, 0.717) is 0 Å². The molecule has 0 saturated heterocycles. The summed E-state index contributed by atoms with van der Waals surface area (Å²) >= 11 is 1.60. The lowest BCUT2D eigenvalue weighted by atomic mass is 10.2. The zero-order valence-corrected chi connectivity index (χ0v) is 10.3. The van der Waals surface area contributed by atoms with E-state index in [-0.39, 0.29) is 11.2 Å². The van der Waals surface area contributed by atoms with Gasteiger partial charge in [-0.1, -0.05) is 54.2 Å². The second-order valence-corrected chi connectivity index (χ2v) is 5.06. The van der Waals surface area contributed by atoms with Crippen LogP contribution in [0, 0.1) is 5.82 Å². The van der Waals surface area contributed by atoms with Crippen molar-refractivity contribution < 1.29 is 4.39 Å². The smallest absolute Gasteiger partial charge is 0.126 e. The third-order valence-electron chi connectivity index (χ3n) is 2.68. The number of halogens is 1. The SMILES string of the molecule is Fc1cccc(C2NN=C(c3ccccc3)S2)c1. The average Bonchev–Trinajstić information content (AvgIpc) is 2.89. The van der Waals surface area contributed by atoms with Gasteiger partial charge in [0.25, 0.3) is 0 Å². The van der Waals surface area contributed by atoms with Crippen LogP contribution in [-0.4, -0.2) is 5.04 Å². The second kappa shape index (κ2) is 4.82. The minimum Gasteiger partial charge on any atom is -0.291 e. The van der Waals surface area contributed by atoms with Crippen molar-refractivity contribution in [3.05, 3.63) is 71.5 Å². The molecule has 4 heteroatoms. The van der Waals surface area contributed by atoms with Gasteiger partial charge in [0.15, 0.2) is 0 Å². The monoisotopic (exact) mass is 258 g/mol. The molecule has 0 saturated carbocycles. The first kappa shape index (κ1) is 11.3. The minimum absolute atomic E-state index is 0.0177. The maximum Gasteiger partial charge on any atom is 0.126 e. The fraction of sp³-hybridized carbons (Fsp3) is 0.0714. The Kier molecular flexibility index (Phi) is 3.02. The molecule has 3 rings (SSSR count). The normalized spacial score (nSPS) is 18.3. The molecule has 2 aromatic carbocycles. The van der Waals surface area contributed by atoms with Gasteiger partial charge in [-0.15, -0.1) is 0 Å². The Morgan fingerprint density at radius 1 is 1.06 bits per heavy atom. The number of hydrazone groups is 1. The minimum atomic E-state index is -0.219. The van der Waals surface area contributed by atoms with E-state index in [1.54, 1.807) is 17.8 Å². The first-order chi connectivity index (χ1) is 8.83. The molecule has 0 fully saturated rings. The largest absolute Gasteiger partial charge is 0.291 e. The molecule has 90 valence electrons. The van der Waals surface area contributed by atoms with E-state index in [9.17, 15) is 4.39 Å². The zero-order chi connectivity index (χ0) is 12.4. The highest BCUT2D eigenvalue weighted by Crippen LogP contribution is 2.34. The molecule has 0 aromatic heterocycles. The zero-order valence-electron chi connectivity index (χ0n) is 9.51. The molecule has 1 aliphatic heterocycles. The van der Waals surface area contributed by atoms with Gasteiger partial charge in [0.1, 0.15) is 16.2 Å². The number of hydrogen-bond donors (Lipinski definition) is 1. The Bertz CT molecular complexity index is 583. The van der Waals surface area contributed by atoms with E-state index in [4.69, 9.17) is 0 Å². The van der Waals surface area contributed by atoms with Crippen molar-refractivity contribution in [1.29, 1.82) is 0 Å². The lowest BCUT2D eigenvalue weighted by Gasteiger charge is -2.09. The van der Waals surface area contributed by atoms with Crippen LogP contribution in [0.1, 0.15) is 16.5 Å². The summed E-state index contributed by atoms with van der Waals surface area (Å²) in [6, 6.07) is 16.6. The van der Waals surface area contributed by atoms with Crippen molar-refractivity contribution in [3.8, 4) is 0 Å². The topological polar surface area (TPSA) is 24.4 Å². The van der Waals surface area contributed by atoms with Gasteiger partial charge in [0.2, 0.25) is 0 Å². The maximum absolute atomic E-state index is 13.2. The number of benzene rings is 2. The van der Waals surface area contributed by atoms with E-state index in [1.807, 2.05) is 36.4 Å². The van der Waals surface area contributed by atoms with Crippen molar-refractivity contribution in [2.75, 3.05) is 0 Å². The van der Waals surface area contributed by atoms with Crippen molar-refractivity contribution in [1.82, 2.24) is 5.43 Å². The van der Waals surface area contributed by atoms with Crippen LogP contribution in [0.15, 0.2) is 59.7 Å². The molecule has 18 heavy (non-hydrogen) atoms. The molecular weight excluding hydrogens is 247 g/mol. The van der Waals surface area contributed by atoms with Crippen LogP contribution >= 0.6 is 11.8 Å². The summed E-state index contributed by atoms with van der Waals surface area (Å²) in [6.45, 7) is 0. The third kappa shape index (κ3) is 2.24. The summed E-state index contributed by atoms with van der Waals surface area (Å²) in [6.07, 6.45) is 0. The lowest BCUT2D eigenvalue weighted by molar-refractivity contribution is 0.622. The summed E-state index contributed by atoms with van der Waals surface area (Å²) in [5.41, 5.74) is 5.01. The number of thioether (sulfide) groups is 1. The van der Waals surface area contributed by atoms with Gasteiger partial charge in [-0.05, 0) is 17.7 Å².